The van der Waals surface area contributed by atoms with E-state index in [0.717, 1.165) is 12.1 Å². The van der Waals surface area contributed by atoms with Gasteiger partial charge in [-0.15, -0.1) is 0 Å². The molecule has 0 bridgehead atoms. The summed E-state index contributed by atoms with van der Waals surface area (Å²) in [5, 5.41) is 2.82. The van der Waals surface area contributed by atoms with E-state index in [-0.39, 0.29) is 40.2 Å². The Hall–Kier alpha value is -4.53. The molecule has 0 saturated heterocycles. The number of nitrogens with zero attached hydrogens (tertiary/aromatic N) is 1. The first-order valence-electron chi connectivity index (χ1n) is 9.89. The van der Waals surface area contributed by atoms with Crippen LogP contribution in [0.5, 0.6) is 5.75 Å². The lowest BCUT2D eigenvalue weighted by Crippen LogP contribution is -2.15. The average Bonchev–Trinajstić information content (AvgIpc) is 2.81. The zero-order chi connectivity index (χ0) is 23.4. The second-order valence-corrected chi connectivity index (χ2v) is 6.78. The Balaban J connectivity index is 1.79. The minimum absolute atomic E-state index is 0.00883. The summed E-state index contributed by atoms with van der Waals surface area (Å²) < 4.78 is 30.8. The highest BCUT2D eigenvalue weighted by Gasteiger charge is 2.20. The molecule has 33 heavy (non-hydrogen) atoms. The number of carbonyl (C=O) groups is 2. The van der Waals surface area contributed by atoms with E-state index in [0.29, 0.717) is 5.39 Å². The minimum Gasteiger partial charge on any atom is -0.456 e. The average molecular weight is 448 g/mol. The van der Waals surface area contributed by atoms with Gasteiger partial charge in [-0.25, -0.2) is 14.0 Å². The van der Waals surface area contributed by atoms with E-state index in [1.807, 2.05) is 0 Å². The Kier molecular flexibility index (Phi) is 6.12. The molecule has 0 atom stereocenters. The predicted molar refractivity (Wildman–Crippen MR) is 118 cm³/mol. The van der Waals surface area contributed by atoms with Crippen molar-refractivity contribution in [3.63, 3.8) is 0 Å². The number of pyridine rings is 1. The van der Waals surface area contributed by atoms with Gasteiger partial charge < -0.3 is 13.9 Å². The van der Waals surface area contributed by atoms with E-state index >= 15 is 0 Å². The molecule has 4 aromatic rings. The molecular formula is C24H17FN2O6. The van der Waals surface area contributed by atoms with E-state index in [9.17, 15) is 18.8 Å². The number of fused-ring (bicyclic) bond motifs is 1. The van der Waals surface area contributed by atoms with Gasteiger partial charge in [-0.3, -0.25) is 15.1 Å². The lowest BCUT2D eigenvalue weighted by molar-refractivity contribution is 0.0727. The first kappa shape index (κ1) is 21.7. The van der Waals surface area contributed by atoms with E-state index in [4.69, 9.17) is 13.9 Å². The monoisotopic (exact) mass is 448 g/mol. The number of halogens is 1. The van der Waals surface area contributed by atoms with Gasteiger partial charge in [0.25, 0.3) is 0 Å². The van der Waals surface area contributed by atoms with Crippen molar-refractivity contribution in [3.8, 4) is 17.1 Å². The molecule has 2 aromatic carbocycles. The summed E-state index contributed by atoms with van der Waals surface area (Å²) in [7, 11) is 0. The number of esters is 1. The number of carbonyl (C=O) groups excluding carboxylic acids is 2. The van der Waals surface area contributed by atoms with Crippen LogP contribution in [0, 0.1) is 5.82 Å². The fraction of sp³-hybridized carbons (Fsp3) is 0.0833. The number of ether oxygens (including phenoxy) is 2. The van der Waals surface area contributed by atoms with Gasteiger partial charge in [0.15, 0.2) is 17.0 Å². The second-order valence-electron chi connectivity index (χ2n) is 6.78. The molecule has 0 spiro atoms. The fourth-order valence-corrected chi connectivity index (χ4v) is 3.09. The van der Waals surface area contributed by atoms with Crippen LogP contribution in [-0.2, 0) is 4.74 Å². The molecule has 166 valence electrons. The van der Waals surface area contributed by atoms with Crippen LogP contribution in [-0.4, -0.2) is 23.7 Å². The van der Waals surface area contributed by atoms with Crippen LogP contribution in [0.1, 0.15) is 17.3 Å². The van der Waals surface area contributed by atoms with Crippen molar-refractivity contribution >= 4 is 28.7 Å². The van der Waals surface area contributed by atoms with Crippen molar-refractivity contribution in [1.29, 1.82) is 0 Å². The van der Waals surface area contributed by atoms with Gasteiger partial charge in [0.1, 0.15) is 11.3 Å². The van der Waals surface area contributed by atoms with Crippen molar-refractivity contribution in [1.82, 2.24) is 4.98 Å². The zero-order valence-electron chi connectivity index (χ0n) is 17.3. The summed E-state index contributed by atoms with van der Waals surface area (Å²) in [6, 6.07) is 12.9. The highest BCUT2D eigenvalue weighted by atomic mass is 19.1. The summed E-state index contributed by atoms with van der Waals surface area (Å²) in [4.78, 5) is 40.8. The van der Waals surface area contributed by atoms with Crippen molar-refractivity contribution in [2.75, 3.05) is 11.9 Å². The number of anilines is 1. The second kappa shape index (κ2) is 9.31. The highest BCUT2D eigenvalue weighted by molar-refractivity contribution is 5.94. The maximum Gasteiger partial charge on any atom is 0.411 e. The number of benzene rings is 2. The van der Waals surface area contributed by atoms with Crippen molar-refractivity contribution in [2.24, 2.45) is 0 Å². The summed E-state index contributed by atoms with van der Waals surface area (Å²) in [5.74, 6) is -2.18. The largest absolute Gasteiger partial charge is 0.456 e. The number of nitrogens with one attached hydrogen (secondary N) is 1. The first-order chi connectivity index (χ1) is 16.0. The number of hydrogen-bond acceptors (Lipinski definition) is 7. The number of amides is 1. The van der Waals surface area contributed by atoms with Gasteiger partial charge in [0.2, 0.25) is 0 Å². The molecule has 4 rings (SSSR count). The minimum atomic E-state index is -0.910. The van der Waals surface area contributed by atoms with E-state index in [1.54, 1.807) is 31.2 Å². The highest BCUT2D eigenvalue weighted by Crippen LogP contribution is 2.35. The number of aromatic nitrogens is 1. The molecule has 0 aliphatic carbocycles. The molecule has 0 aliphatic rings. The normalized spacial score (nSPS) is 10.6. The van der Waals surface area contributed by atoms with Crippen molar-refractivity contribution in [2.45, 2.75) is 6.92 Å². The number of rotatable bonds is 5. The van der Waals surface area contributed by atoms with Gasteiger partial charge in [0.05, 0.1) is 23.2 Å². The third-order valence-electron chi connectivity index (χ3n) is 4.58. The molecule has 9 heteroatoms. The quantitative estimate of drug-likeness (QED) is 0.346. The molecule has 2 heterocycles. The van der Waals surface area contributed by atoms with Crippen LogP contribution in [0.2, 0.25) is 0 Å². The van der Waals surface area contributed by atoms with Crippen molar-refractivity contribution in [3.05, 3.63) is 88.6 Å². The summed E-state index contributed by atoms with van der Waals surface area (Å²) in [6.45, 7) is 1.71. The van der Waals surface area contributed by atoms with Gasteiger partial charge in [0, 0.05) is 30.1 Å². The van der Waals surface area contributed by atoms with Crippen LogP contribution in [0.4, 0.5) is 14.9 Å². The van der Waals surface area contributed by atoms with Crippen molar-refractivity contribution < 1.29 is 27.9 Å². The SMILES string of the molecule is CCOC(=O)Nc1cc(OC(=O)c2cccnc2)c(F)cc1-c1cc(=O)c2ccccc2o1. The lowest BCUT2D eigenvalue weighted by Gasteiger charge is -2.14. The fourth-order valence-electron chi connectivity index (χ4n) is 3.09. The Morgan fingerprint density at radius 1 is 1.12 bits per heavy atom. The topological polar surface area (TPSA) is 108 Å². The first-order valence-corrected chi connectivity index (χ1v) is 9.89. The molecule has 0 unspecified atom stereocenters. The van der Waals surface area contributed by atoms with Crippen LogP contribution in [0.15, 0.2) is 76.2 Å². The maximum absolute atomic E-state index is 14.9. The Bertz CT molecular complexity index is 1400. The summed E-state index contributed by atoms with van der Waals surface area (Å²) in [5.41, 5.74) is 0.129. The van der Waals surface area contributed by atoms with Crippen LogP contribution in [0.25, 0.3) is 22.3 Å². The Labute approximate surface area is 186 Å². The molecule has 1 amide bonds. The molecule has 2 aromatic heterocycles. The third kappa shape index (κ3) is 4.72. The van der Waals surface area contributed by atoms with Crippen LogP contribution < -0.4 is 15.5 Å². The Morgan fingerprint density at radius 3 is 2.70 bits per heavy atom. The molecule has 0 fully saturated rings. The van der Waals surface area contributed by atoms with Crippen LogP contribution in [0.3, 0.4) is 0 Å². The molecule has 0 saturated carbocycles. The lowest BCUT2D eigenvalue weighted by atomic mass is 10.1. The van der Waals surface area contributed by atoms with Gasteiger partial charge in [-0.1, -0.05) is 12.1 Å². The van der Waals surface area contributed by atoms with E-state index in [2.05, 4.69) is 10.3 Å². The number of hydrogen-bond donors (Lipinski definition) is 1. The predicted octanol–water partition coefficient (Wildman–Crippen LogP) is 4.78. The van der Waals surface area contributed by atoms with Crippen LogP contribution >= 0.6 is 0 Å². The van der Waals surface area contributed by atoms with Gasteiger partial charge >= 0.3 is 12.1 Å². The third-order valence-corrected chi connectivity index (χ3v) is 4.58. The molecule has 8 nitrogen and oxygen atoms in total. The summed E-state index contributed by atoms with van der Waals surface area (Å²) >= 11 is 0. The van der Waals surface area contributed by atoms with E-state index in [1.165, 1.54) is 30.6 Å². The van der Waals surface area contributed by atoms with Gasteiger partial charge in [-0.2, -0.15) is 0 Å². The number of para-hydroxylation sites is 1. The van der Waals surface area contributed by atoms with Gasteiger partial charge in [-0.05, 0) is 37.3 Å². The smallest absolute Gasteiger partial charge is 0.411 e. The molecule has 0 aliphatic heterocycles. The molecule has 0 radical (unpaired) electrons. The molecule has 1 N–H and O–H groups in total. The maximum atomic E-state index is 14.9. The molecular weight excluding hydrogens is 431 g/mol. The van der Waals surface area contributed by atoms with E-state index < -0.39 is 23.6 Å². The standard InChI is InChI=1S/C24H17FN2O6/c1-2-31-24(30)27-18-11-22(33-23(29)14-6-5-9-26-13-14)17(25)10-16(18)21-12-19(28)15-7-3-4-8-20(15)32-21/h3-13H,2H2,1H3,(H,27,30). The Morgan fingerprint density at radius 2 is 1.94 bits per heavy atom. The summed E-state index contributed by atoms with van der Waals surface area (Å²) in [6.07, 6.45) is 1.93. The zero-order valence-corrected chi connectivity index (χ0v) is 17.3.